The fraction of sp³-hybridized carbons (Fsp3) is 0.273. The number of halogens is 1. The van der Waals surface area contributed by atoms with Gasteiger partial charge in [0.1, 0.15) is 18.1 Å². The van der Waals surface area contributed by atoms with Crippen LogP contribution in [0.15, 0.2) is 23.1 Å². The molecule has 0 amide bonds. The lowest BCUT2D eigenvalue weighted by Crippen LogP contribution is -2.11. The fourth-order valence-corrected chi connectivity index (χ4v) is 2.27. The second kappa shape index (κ2) is 4.58. The average Bonchev–Trinajstić information content (AvgIpc) is 2.27. The number of benzene rings is 1. The van der Waals surface area contributed by atoms with Gasteiger partial charge in [-0.3, -0.25) is 0 Å². The van der Waals surface area contributed by atoms with Gasteiger partial charge in [-0.25, -0.2) is 8.42 Å². The van der Waals surface area contributed by atoms with Gasteiger partial charge in [0.05, 0.1) is 11.5 Å². The summed E-state index contributed by atoms with van der Waals surface area (Å²) in [6.07, 6.45) is 1.50. The molecule has 0 bridgehead atoms. The van der Waals surface area contributed by atoms with Crippen molar-refractivity contribution in [3.8, 4) is 11.5 Å². The van der Waals surface area contributed by atoms with Gasteiger partial charge < -0.3 is 9.47 Å². The summed E-state index contributed by atoms with van der Waals surface area (Å²) in [5.41, 5.74) is 0.654. The van der Waals surface area contributed by atoms with Crippen molar-refractivity contribution in [1.82, 2.24) is 0 Å². The molecule has 0 aliphatic carbocycles. The lowest BCUT2D eigenvalue weighted by molar-refractivity contribution is 0.334. The topological polar surface area (TPSA) is 52.6 Å². The summed E-state index contributed by atoms with van der Waals surface area (Å²) < 4.78 is 33.0. The van der Waals surface area contributed by atoms with Crippen molar-refractivity contribution in [3.05, 3.63) is 28.7 Å². The Morgan fingerprint density at radius 3 is 2.88 bits per heavy atom. The van der Waals surface area contributed by atoms with Crippen LogP contribution in [0.4, 0.5) is 0 Å². The lowest BCUT2D eigenvalue weighted by Gasteiger charge is -2.17. The Balaban J connectivity index is 2.42. The maximum atomic E-state index is 11.2. The molecule has 1 aromatic carbocycles. The molecule has 92 valence electrons. The van der Waals surface area contributed by atoms with E-state index in [9.17, 15) is 8.42 Å². The van der Waals surface area contributed by atoms with Crippen LogP contribution in [0.25, 0.3) is 6.08 Å². The second-order valence-electron chi connectivity index (χ2n) is 3.47. The van der Waals surface area contributed by atoms with Crippen molar-refractivity contribution < 1.29 is 17.9 Å². The first-order valence-electron chi connectivity index (χ1n) is 5.05. The Kier molecular flexibility index (Phi) is 3.31. The third kappa shape index (κ3) is 2.73. The van der Waals surface area contributed by atoms with Crippen LogP contribution in [0.2, 0.25) is 0 Å². The van der Waals surface area contributed by atoms with E-state index in [1.54, 1.807) is 18.2 Å². The van der Waals surface area contributed by atoms with Crippen molar-refractivity contribution in [1.29, 1.82) is 0 Å². The number of rotatable bonds is 3. The Labute approximate surface area is 104 Å². The van der Waals surface area contributed by atoms with E-state index in [1.165, 1.54) is 6.08 Å². The molecule has 17 heavy (non-hydrogen) atoms. The number of fused-ring (bicyclic) bond motifs is 1. The zero-order chi connectivity index (χ0) is 12.5. The van der Waals surface area contributed by atoms with Crippen LogP contribution in [0, 0.1) is 0 Å². The zero-order valence-electron chi connectivity index (χ0n) is 9.14. The van der Waals surface area contributed by atoms with Crippen molar-refractivity contribution in [2.45, 2.75) is 6.92 Å². The molecule has 4 nitrogen and oxygen atoms in total. The smallest absolute Gasteiger partial charge is 0.260 e. The Morgan fingerprint density at radius 2 is 2.24 bits per heavy atom. The van der Waals surface area contributed by atoms with Crippen molar-refractivity contribution >= 4 is 25.8 Å². The molecule has 0 radical (unpaired) electrons. The molecule has 0 spiro atoms. The van der Waals surface area contributed by atoms with Gasteiger partial charge in [0.2, 0.25) is 0 Å². The summed E-state index contributed by atoms with van der Waals surface area (Å²) in [7, 11) is 1.55. The predicted molar refractivity (Wildman–Crippen MR) is 65.9 cm³/mol. The van der Waals surface area contributed by atoms with E-state index in [2.05, 4.69) is 0 Å². The molecule has 0 saturated carbocycles. The van der Waals surface area contributed by atoms with E-state index in [1.807, 2.05) is 6.92 Å². The van der Waals surface area contributed by atoms with Crippen molar-refractivity contribution in [2.24, 2.45) is 0 Å². The highest BCUT2D eigenvalue weighted by atomic mass is 35.7. The SMILES string of the molecule is CCOc1ccc2c(c1)C=C(S(=O)(=O)Cl)CO2. The molecule has 1 aliphatic heterocycles. The largest absolute Gasteiger partial charge is 0.494 e. The van der Waals surface area contributed by atoms with E-state index in [-0.39, 0.29) is 11.5 Å². The van der Waals surface area contributed by atoms with Crippen LogP contribution in [0.3, 0.4) is 0 Å². The molecule has 0 aromatic heterocycles. The Bertz CT molecular complexity index is 563. The van der Waals surface area contributed by atoms with Crippen LogP contribution in [0.5, 0.6) is 11.5 Å². The summed E-state index contributed by atoms with van der Waals surface area (Å²) in [6.45, 7) is 2.39. The first-order chi connectivity index (χ1) is 8.00. The highest BCUT2D eigenvalue weighted by Gasteiger charge is 2.20. The Hall–Kier alpha value is -1.20. The average molecular weight is 275 g/mol. The number of hydrogen-bond acceptors (Lipinski definition) is 4. The molecular weight excluding hydrogens is 264 g/mol. The number of hydrogen-bond donors (Lipinski definition) is 0. The molecule has 0 fully saturated rings. The minimum Gasteiger partial charge on any atom is -0.494 e. The van der Waals surface area contributed by atoms with Crippen LogP contribution < -0.4 is 9.47 Å². The summed E-state index contributed by atoms with van der Waals surface area (Å²) in [4.78, 5) is 0.0558. The Morgan fingerprint density at radius 1 is 1.47 bits per heavy atom. The summed E-state index contributed by atoms with van der Waals surface area (Å²) in [5.74, 6) is 1.29. The van der Waals surface area contributed by atoms with E-state index < -0.39 is 9.05 Å². The third-order valence-electron chi connectivity index (χ3n) is 2.29. The van der Waals surface area contributed by atoms with Gasteiger partial charge in [-0.15, -0.1) is 0 Å². The van der Waals surface area contributed by atoms with Crippen LogP contribution in [0.1, 0.15) is 12.5 Å². The van der Waals surface area contributed by atoms with Gasteiger partial charge in [0, 0.05) is 16.2 Å². The van der Waals surface area contributed by atoms with E-state index in [4.69, 9.17) is 20.2 Å². The van der Waals surface area contributed by atoms with Crippen LogP contribution >= 0.6 is 10.7 Å². The highest BCUT2D eigenvalue weighted by molar-refractivity contribution is 8.17. The normalized spacial score (nSPS) is 14.6. The van der Waals surface area contributed by atoms with E-state index in [0.29, 0.717) is 23.7 Å². The number of ether oxygens (including phenoxy) is 2. The highest BCUT2D eigenvalue weighted by Crippen LogP contribution is 2.32. The van der Waals surface area contributed by atoms with Crippen molar-refractivity contribution in [2.75, 3.05) is 13.2 Å². The maximum Gasteiger partial charge on any atom is 0.260 e. The lowest BCUT2D eigenvalue weighted by atomic mass is 10.1. The van der Waals surface area contributed by atoms with E-state index >= 15 is 0 Å². The fourth-order valence-electron chi connectivity index (χ4n) is 1.53. The maximum absolute atomic E-state index is 11.2. The standard InChI is InChI=1S/C11H11ClO4S/c1-2-15-9-3-4-11-8(5-9)6-10(7-16-11)17(12,13)14/h3-6H,2,7H2,1H3. The van der Waals surface area contributed by atoms with Gasteiger partial charge in [0.15, 0.2) is 0 Å². The van der Waals surface area contributed by atoms with E-state index in [0.717, 1.165) is 0 Å². The summed E-state index contributed by atoms with van der Waals surface area (Å²) in [6, 6.07) is 5.24. The summed E-state index contributed by atoms with van der Waals surface area (Å²) in [5, 5.41) is 0. The minimum absolute atomic E-state index is 0.0349. The molecule has 6 heteroatoms. The molecule has 0 atom stereocenters. The van der Waals surface area contributed by atoms with Gasteiger partial charge in [-0.2, -0.15) is 0 Å². The monoisotopic (exact) mass is 274 g/mol. The first kappa shape index (κ1) is 12.3. The van der Waals surface area contributed by atoms with Gasteiger partial charge in [0.25, 0.3) is 9.05 Å². The van der Waals surface area contributed by atoms with Gasteiger partial charge in [-0.1, -0.05) is 0 Å². The molecule has 1 heterocycles. The first-order valence-corrected chi connectivity index (χ1v) is 7.36. The molecule has 1 aliphatic rings. The quantitative estimate of drug-likeness (QED) is 0.794. The van der Waals surface area contributed by atoms with Gasteiger partial charge >= 0.3 is 0 Å². The third-order valence-corrected chi connectivity index (χ3v) is 3.75. The molecular formula is C11H11ClO4S. The minimum atomic E-state index is -3.73. The molecule has 0 N–H and O–H groups in total. The summed E-state index contributed by atoms with van der Waals surface area (Å²) >= 11 is 0. The zero-order valence-corrected chi connectivity index (χ0v) is 10.7. The molecule has 1 aromatic rings. The molecule has 2 rings (SSSR count). The molecule has 0 unspecified atom stereocenters. The predicted octanol–water partition coefficient (Wildman–Crippen LogP) is 2.39. The van der Waals surface area contributed by atoms with Crippen LogP contribution in [-0.4, -0.2) is 21.6 Å². The van der Waals surface area contributed by atoms with Crippen molar-refractivity contribution in [3.63, 3.8) is 0 Å². The van der Waals surface area contributed by atoms with Gasteiger partial charge in [-0.05, 0) is 31.2 Å². The second-order valence-corrected chi connectivity index (χ2v) is 6.09. The van der Waals surface area contributed by atoms with Crippen LogP contribution in [-0.2, 0) is 9.05 Å². The molecule has 0 saturated heterocycles.